The molecule has 1 aromatic heterocycles. The summed E-state index contributed by atoms with van der Waals surface area (Å²) in [5.74, 6) is 0.335. The van der Waals surface area contributed by atoms with E-state index in [4.69, 9.17) is 4.42 Å². The molecule has 18 heavy (non-hydrogen) atoms. The van der Waals surface area contributed by atoms with Crippen molar-refractivity contribution in [2.75, 3.05) is 0 Å². The molecule has 92 valence electrons. The molecule has 0 saturated carbocycles. The second-order valence-electron chi connectivity index (χ2n) is 3.54. The van der Waals surface area contributed by atoms with Gasteiger partial charge in [0.1, 0.15) is 0 Å². The molecule has 1 heterocycles. The summed E-state index contributed by atoms with van der Waals surface area (Å²) in [6.07, 6.45) is 1.54. The zero-order chi connectivity index (χ0) is 13.0. The molecule has 2 rings (SSSR count). The van der Waals surface area contributed by atoms with Crippen molar-refractivity contribution < 1.29 is 9.21 Å². The van der Waals surface area contributed by atoms with Crippen LogP contribution in [-0.2, 0) is 0 Å². The fourth-order valence-corrected chi connectivity index (χ4v) is 1.58. The molecule has 0 fully saturated rings. The maximum Gasteiger partial charge on any atom is 0.269 e. The lowest BCUT2D eigenvalue weighted by atomic mass is 10.2. The normalized spacial score (nSPS) is 9.83. The van der Waals surface area contributed by atoms with Crippen LogP contribution in [0.2, 0.25) is 0 Å². The predicted molar refractivity (Wildman–Crippen MR) is 72.5 cm³/mol. The van der Waals surface area contributed by atoms with E-state index in [-0.39, 0.29) is 5.91 Å². The van der Waals surface area contributed by atoms with Gasteiger partial charge >= 0.3 is 0 Å². The van der Waals surface area contributed by atoms with Crippen molar-refractivity contribution in [3.8, 4) is 0 Å². The van der Waals surface area contributed by atoms with Crippen LogP contribution in [0.3, 0.4) is 0 Å². The Kier molecular flexibility index (Phi) is 3.84. The highest BCUT2D eigenvalue weighted by atomic mass is 79.9. The van der Waals surface area contributed by atoms with E-state index in [9.17, 15) is 4.79 Å². The second-order valence-corrected chi connectivity index (χ2v) is 4.46. The number of rotatable bonds is 4. The first-order valence-electron chi connectivity index (χ1n) is 5.21. The highest BCUT2D eigenvalue weighted by Crippen LogP contribution is 2.11. The number of hydrogen-bond donors (Lipinski definition) is 2. The number of furan rings is 1. The number of hydrogen-bond acceptors (Lipinski definition) is 3. The minimum Gasteiger partial charge on any atom is -0.463 e. The second kappa shape index (κ2) is 5.55. The molecule has 0 aliphatic heterocycles. The quantitative estimate of drug-likeness (QED) is 0.854. The zero-order valence-corrected chi connectivity index (χ0v) is 11.0. The van der Waals surface area contributed by atoms with Gasteiger partial charge in [-0.15, -0.1) is 0 Å². The van der Waals surface area contributed by atoms with Crippen LogP contribution in [0, 0.1) is 0 Å². The van der Waals surface area contributed by atoms with Gasteiger partial charge in [-0.25, -0.2) is 0 Å². The maximum absolute atomic E-state index is 11.8. The van der Waals surface area contributed by atoms with E-state index in [1.165, 1.54) is 0 Å². The van der Waals surface area contributed by atoms with Gasteiger partial charge in [0.15, 0.2) is 5.76 Å². The van der Waals surface area contributed by atoms with Gasteiger partial charge < -0.3 is 4.42 Å². The predicted octanol–water partition coefficient (Wildman–Crippen LogP) is 2.95. The fraction of sp³-hybridized carbons (Fsp3) is 0. The number of benzene rings is 1. The lowest BCUT2D eigenvalue weighted by molar-refractivity contribution is 0.0942. The average molecular weight is 307 g/mol. The molecule has 0 aliphatic rings. The molecule has 2 aromatic rings. The van der Waals surface area contributed by atoms with Gasteiger partial charge in [-0.05, 0) is 36.4 Å². The monoisotopic (exact) mass is 306 g/mol. The van der Waals surface area contributed by atoms with Gasteiger partial charge in [0.2, 0.25) is 0 Å². The molecule has 1 aromatic carbocycles. The summed E-state index contributed by atoms with van der Waals surface area (Å²) >= 11 is 3.31. The van der Waals surface area contributed by atoms with Gasteiger partial charge in [-0.3, -0.25) is 15.6 Å². The molecule has 0 radical (unpaired) electrons. The zero-order valence-electron chi connectivity index (χ0n) is 9.44. The maximum atomic E-state index is 11.8. The summed E-state index contributed by atoms with van der Waals surface area (Å²) in [6, 6.07) is 10.5. The summed E-state index contributed by atoms with van der Waals surface area (Å²) in [6.45, 7) is 3.75. The first-order chi connectivity index (χ1) is 8.66. The highest BCUT2D eigenvalue weighted by Gasteiger charge is 2.06. The van der Waals surface area contributed by atoms with Gasteiger partial charge in [0.25, 0.3) is 5.91 Å². The van der Waals surface area contributed by atoms with Crippen LogP contribution < -0.4 is 10.9 Å². The number of amides is 1. The van der Waals surface area contributed by atoms with E-state index in [0.717, 1.165) is 4.47 Å². The summed E-state index contributed by atoms with van der Waals surface area (Å²) < 4.78 is 6.05. The van der Waals surface area contributed by atoms with E-state index in [0.29, 0.717) is 17.0 Å². The van der Waals surface area contributed by atoms with E-state index in [1.54, 1.807) is 42.7 Å². The Morgan fingerprint density at radius 3 is 2.50 bits per heavy atom. The van der Waals surface area contributed by atoms with Gasteiger partial charge in [0, 0.05) is 10.0 Å². The van der Waals surface area contributed by atoms with Crippen molar-refractivity contribution in [1.29, 1.82) is 0 Å². The third-order valence-electron chi connectivity index (χ3n) is 2.25. The lowest BCUT2D eigenvalue weighted by Crippen LogP contribution is -2.35. The molecule has 0 saturated heterocycles. The SMILES string of the molecule is C=C(NNC(=O)c1ccc(Br)cc1)c1ccco1. The molecule has 1 amide bonds. The van der Waals surface area contributed by atoms with Gasteiger partial charge in [0.05, 0.1) is 12.0 Å². The van der Waals surface area contributed by atoms with Gasteiger partial charge in [-0.1, -0.05) is 22.5 Å². The summed E-state index contributed by atoms with van der Waals surface area (Å²) in [4.78, 5) is 11.8. The molecular weight excluding hydrogens is 296 g/mol. The summed E-state index contributed by atoms with van der Waals surface area (Å²) in [7, 11) is 0. The number of nitrogens with one attached hydrogen (secondary N) is 2. The molecular formula is C13H11BrN2O2. The van der Waals surface area contributed by atoms with Crippen LogP contribution in [0.25, 0.3) is 5.70 Å². The first kappa shape index (κ1) is 12.4. The van der Waals surface area contributed by atoms with Crippen molar-refractivity contribution in [2.24, 2.45) is 0 Å². The molecule has 0 aliphatic carbocycles. The van der Waals surface area contributed by atoms with Crippen LogP contribution in [0.4, 0.5) is 0 Å². The number of carbonyl (C=O) groups is 1. The summed E-state index contributed by atoms with van der Waals surface area (Å²) in [5, 5.41) is 0. The Balaban J connectivity index is 1.92. The average Bonchev–Trinajstić information content (AvgIpc) is 2.90. The van der Waals surface area contributed by atoms with Crippen molar-refractivity contribution in [3.05, 3.63) is 65.0 Å². The Morgan fingerprint density at radius 1 is 1.17 bits per heavy atom. The van der Waals surface area contributed by atoms with Crippen molar-refractivity contribution >= 4 is 27.5 Å². The Hall–Kier alpha value is -2.01. The van der Waals surface area contributed by atoms with Crippen LogP contribution in [0.5, 0.6) is 0 Å². The van der Waals surface area contributed by atoms with Crippen LogP contribution in [0.15, 0.2) is 58.1 Å². The van der Waals surface area contributed by atoms with E-state index in [1.807, 2.05) is 0 Å². The lowest BCUT2D eigenvalue weighted by Gasteiger charge is -2.09. The topological polar surface area (TPSA) is 54.3 Å². The van der Waals surface area contributed by atoms with Crippen molar-refractivity contribution in [2.45, 2.75) is 0 Å². The van der Waals surface area contributed by atoms with Gasteiger partial charge in [-0.2, -0.15) is 0 Å². The minimum absolute atomic E-state index is 0.241. The number of carbonyl (C=O) groups excluding carboxylic acids is 1. The van der Waals surface area contributed by atoms with Crippen LogP contribution in [-0.4, -0.2) is 5.91 Å². The minimum atomic E-state index is -0.241. The van der Waals surface area contributed by atoms with Crippen molar-refractivity contribution in [3.63, 3.8) is 0 Å². The van der Waals surface area contributed by atoms with E-state index >= 15 is 0 Å². The molecule has 0 atom stereocenters. The van der Waals surface area contributed by atoms with Crippen LogP contribution in [0.1, 0.15) is 16.1 Å². The third-order valence-corrected chi connectivity index (χ3v) is 2.78. The molecule has 2 N–H and O–H groups in total. The Bertz CT molecular complexity index is 547. The molecule has 0 spiro atoms. The Morgan fingerprint density at radius 2 is 1.89 bits per heavy atom. The molecule has 5 heteroatoms. The number of hydrazine groups is 1. The van der Waals surface area contributed by atoms with Crippen molar-refractivity contribution in [1.82, 2.24) is 10.9 Å². The van der Waals surface area contributed by atoms with Crippen LogP contribution >= 0.6 is 15.9 Å². The molecule has 0 unspecified atom stereocenters. The molecule has 0 bridgehead atoms. The summed E-state index contributed by atoms with van der Waals surface area (Å²) in [5.41, 5.74) is 6.29. The largest absolute Gasteiger partial charge is 0.463 e. The first-order valence-corrected chi connectivity index (χ1v) is 6.01. The number of halogens is 1. The fourth-order valence-electron chi connectivity index (χ4n) is 1.32. The molecule has 4 nitrogen and oxygen atoms in total. The van der Waals surface area contributed by atoms with E-state index < -0.39 is 0 Å². The Labute approximate surface area is 113 Å². The van der Waals surface area contributed by atoms with E-state index in [2.05, 4.69) is 33.4 Å². The standard InChI is InChI=1S/C13H11BrN2O2/c1-9(12-3-2-8-18-12)15-16-13(17)10-4-6-11(14)7-5-10/h2-8,15H,1H2,(H,16,17). The smallest absolute Gasteiger partial charge is 0.269 e. The third kappa shape index (κ3) is 3.01. The highest BCUT2D eigenvalue weighted by molar-refractivity contribution is 9.10.